The maximum atomic E-state index is 5.29. The number of hydrogen-bond donors (Lipinski definition) is 1. The zero-order chi connectivity index (χ0) is 15.1. The smallest absolute Gasteiger partial charge is 0.119 e. The van der Waals surface area contributed by atoms with E-state index in [4.69, 9.17) is 4.74 Å². The number of nitrogens with zero attached hydrogens (tertiary/aromatic N) is 1. The van der Waals surface area contributed by atoms with Crippen molar-refractivity contribution in [2.45, 2.75) is 51.6 Å². The van der Waals surface area contributed by atoms with Gasteiger partial charge in [0.15, 0.2) is 0 Å². The van der Waals surface area contributed by atoms with Gasteiger partial charge in [-0.3, -0.25) is 0 Å². The second-order valence-corrected chi connectivity index (χ2v) is 6.19. The third-order valence-corrected chi connectivity index (χ3v) is 4.61. The Morgan fingerprint density at radius 3 is 3.00 bits per heavy atom. The van der Waals surface area contributed by atoms with Gasteiger partial charge in [0.1, 0.15) is 5.75 Å². The highest BCUT2D eigenvalue weighted by Gasteiger charge is 2.17. The van der Waals surface area contributed by atoms with Crippen molar-refractivity contribution in [3.8, 4) is 5.75 Å². The average Bonchev–Trinajstić information content (AvgIpc) is 2.53. The molecule has 3 nitrogen and oxygen atoms in total. The van der Waals surface area contributed by atoms with Crippen LogP contribution in [0.2, 0.25) is 0 Å². The quantitative estimate of drug-likeness (QED) is 0.776. The molecule has 1 aliphatic rings. The number of hydrogen-bond acceptors (Lipinski definition) is 3. The lowest BCUT2D eigenvalue weighted by Gasteiger charge is -2.33. The molecule has 1 N–H and O–H groups in total. The maximum absolute atomic E-state index is 5.29. The highest BCUT2D eigenvalue weighted by Crippen LogP contribution is 2.19. The van der Waals surface area contributed by atoms with Crippen molar-refractivity contribution in [2.24, 2.45) is 0 Å². The zero-order valence-electron chi connectivity index (χ0n) is 13.8. The van der Waals surface area contributed by atoms with E-state index in [1.165, 1.54) is 44.3 Å². The molecule has 0 amide bonds. The van der Waals surface area contributed by atoms with Crippen molar-refractivity contribution < 1.29 is 4.74 Å². The lowest BCUT2D eigenvalue weighted by atomic mass is 10.0. The van der Waals surface area contributed by atoms with Gasteiger partial charge in [0.25, 0.3) is 0 Å². The first kappa shape index (κ1) is 16.3. The van der Waals surface area contributed by atoms with Crippen LogP contribution in [0.25, 0.3) is 0 Å². The second-order valence-electron chi connectivity index (χ2n) is 6.19. The van der Waals surface area contributed by atoms with E-state index in [2.05, 4.69) is 42.3 Å². The van der Waals surface area contributed by atoms with Gasteiger partial charge >= 0.3 is 0 Å². The lowest BCUT2D eigenvalue weighted by molar-refractivity contribution is 0.158. The summed E-state index contributed by atoms with van der Waals surface area (Å²) in [7, 11) is 1.72. The van der Waals surface area contributed by atoms with Gasteiger partial charge in [-0.05, 0) is 70.4 Å². The molecule has 1 heterocycles. The fraction of sp³-hybridized carbons (Fsp3) is 0.667. The van der Waals surface area contributed by atoms with Crippen LogP contribution in [0, 0.1) is 0 Å². The Balaban J connectivity index is 1.70. The molecule has 2 rings (SSSR count). The standard InChI is InChI=1S/C18H30N2O/c1-15-8-4-5-12-20(15)13-7-11-19-16(2)17-9-6-10-18(14-17)21-3/h6,9-10,14-16,19H,4-5,7-8,11-13H2,1-3H3. The Bertz CT molecular complexity index is 421. The Morgan fingerprint density at radius 2 is 2.24 bits per heavy atom. The summed E-state index contributed by atoms with van der Waals surface area (Å²) >= 11 is 0. The van der Waals surface area contributed by atoms with Gasteiger partial charge in [0.2, 0.25) is 0 Å². The molecule has 0 radical (unpaired) electrons. The molecule has 118 valence electrons. The van der Waals surface area contributed by atoms with E-state index in [0.717, 1.165) is 18.3 Å². The molecule has 3 heteroatoms. The van der Waals surface area contributed by atoms with Crippen molar-refractivity contribution >= 4 is 0 Å². The first-order valence-corrected chi connectivity index (χ1v) is 8.32. The van der Waals surface area contributed by atoms with Crippen LogP contribution in [0.15, 0.2) is 24.3 Å². The van der Waals surface area contributed by atoms with Crippen LogP contribution in [-0.2, 0) is 0 Å². The molecule has 2 unspecified atom stereocenters. The molecule has 0 aliphatic carbocycles. The molecular weight excluding hydrogens is 260 g/mol. The van der Waals surface area contributed by atoms with Gasteiger partial charge in [0, 0.05) is 12.1 Å². The molecule has 0 bridgehead atoms. The van der Waals surface area contributed by atoms with E-state index in [1.54, 1.807) is 7.11 Å². The minimum Gasteiger partial charge on any atom is -0.497 e. The van der Waals surface area contributed by atoms with Gasteiger partial charge in [-0.1, -0.05) is 18.6 Å². The number of benzene rings is 1. The van der Waals surface area contributed by atoms with E-state index in [1.807, 2.05) is 6.07 Å². The summed E-state index contributed by atoms with van der Waals surface area (Å²) < 4.78 is 5.29. The van der Waals surface area contributed by atoms with Gasteiger partial charge in [0.05, 0.1) is 7.11 Å². The minimum absolute atomic E-state index is 0.374. The fourth-order valence-corrected chi connectivity index (χ4v) is 3.12. The van der Waals surface area contributed by atoms with Crippen LogP contribution < -0.4 is 10.1 Å². The molecule has 1 aliphatic heterocycles. The van der Waals surface area contributed by atoms with Gasteiger partial charge < -0.3 is 15.0 Å². The summed E-state index contributed by atoms with van der Waals surface area (Å²) in [4.78, 5) is 2.64. The summed E-state index contributed by atoms with van der Waals surface area (Å²) in [6.07, 6.45) is 5.37. The monoisotopic (exact) mass is 290 g/mol. The molecule has 1 aromatic carbocycles. The van der Waals surface area contributed by atoms with Crippen molar-refractivity contribution in [2.75, 3.05) is 26.7 Å². The number of methoxy groups -OCH3 is 1. The number of piperidine rings is 1. The lowest BCUT2D eigenvalue weighted by Crippen LogP contribution is -2.39. The van der Waals surface area contributed by atoms with Crippen molar-refractivity contribution in [3.05, 3.63) is 29.8 Å². The van der Waals surface area contributed by atoms with Crippen LogP contribution in [0.4, 0.5) is 0 Å². The topological polar surface area (TPSA) is 24.5 Å². The predicted octanol–water partition coefficient (Wildman–Crippen LogP) is 3.61. The molecular formula is C18H30N2O. The Morgan fingerprint density at radius 1 is 1.38 bits per heavy atom. The highest BCUT2D eigenvalue weighted by atomic mass is 16.5. The Labute approximate surface area is 129 Å². The fourth-order valence-electron chi connectivity index (χ4n) is 3.12. The van der Waals surface area contributed by atoms with Crippen LogP contribution >= 0.6 is 0 Å². The third kappa shape index (κ3) is 5.01. The van der Waals surface area contributed by atoms with Gasteiger partial charge in [-0.2, -0.15) is 0 Å². The van der Waals surface area contributed by atoms with E-state index >= 15 is 0 Å². The first-order chi connectivity index (χ1) is 10.2. The SMILES string of the molecule is COc1cccc(C(C)NCCCN2CCCCC2C)c1. The van der Waals surface area contributed by atoms with Gasteiger partial charge in [-0.15, -0.1) is 0 Å². The number of ether oxygens (including phenoxy) is 1. The predicted molar refractivity (Wildman–Crippen MR) is 88.9 cm³/mol. The van der Waals surface area contributed by atoms with Gasteiger partial charge in [-0.25, -0.2) is 0 Å². The Hall–Kier alpha value is -1.06. The minimum atomic E-state index is 0.374. The number of nitrogens with one attached hydrogen (secondary N) is 1. The molecule has 1 saturated heterocycles. The summed E-state index contributed by atoms with van der Waals surface area (Å²) in [6.45, 7) is 8.16. The van der Waals surface area contributed by atoms with E-state index in [9.17, 15) is 0 Å². The molecule has 21 heavy (non-hydrogen) atoms. The van der Waals surface area contributed by atoms with Crippen LogP contribution in [0.5, 0.6) is 5.75 Å². The average molecular weight is 290 g/mol. The molecule has 0 aromatic heterocycles. The van der Waals surface area contributed by atoms with Crippen LogP contribution in [0.3, 0.4) is 0 Å². The Kier molecular flexibility index (Phi) is 6.52. The van der Waals surface area contributed by atoms with Crippen molar-refractivity contribution in [1.29, 1.82) is 0 Å². The largest absolute Gasteiger partial charge is 0.497 e. The molecule has 0 spiro atoms. The molecule has 2 atom stereocenters. The normalized spacial score (nSPS) is 21.2. The molecule has 0 saturated carbocycles. The van der Waals surface area contributed by atoms with E-state index in [0.29, 0.717) is 6.04 Å². The summed E-state index contributed by atoms with van der Waals surface area (Å²) in [6, 6.07) is 9.47. The van der Waals surface area contributed by atoms with Crippen molar-refractivity contribution in [3.63, 3.8) is 0 Å². The highest BCUT2D eigenvalue weighted by molar-refractivity contribution is 5.30. The van der Waals surface area contributed by atoms with Crippen LogP contribution in [0.1, 0.15) is 51.1 Å². The number of likely N-dealkylation sites (tertiary alicyclic amines) is 1. The van der Waals surface area contributed by atoms with Crippen molar-refractivity contribution in [1.82, 2.24) is 10.2 Å². The van der Waals surface area contributed by atoms with E-state index in [-0.39, 0.29) is 0 Å². The second kappa shape index (κ2) is 8.40. The third-order valence-electron chi connectivity index (χ3n) is 4.61. The molecule has 1 fully saturated rings. The summed E-state index contributed by atoms with van der Waals surface area (Å²) in [5.41, 5.74) is 1.29. The maximum Gasteiger partial charge on any atom is 0.119 e. The first-order valence-electron chi connectivity index (χ1n) is 8.32. The zero-order valence-corrected chi connectivity index (χ0v) is 13.8. The number of rotatable bonds is 7. The molecule has 1 aromatic rings. The summed E-state index contributed by atoms with van der Waals surface area (Å²) in [5, 5.41) is 3.62. The summed E-state index contributed by atoms with van der Waals surface area (Å²) in [5.74, 6) is 0.934. The van der Waals surface area contributed by atoms with E-state index < -0.39 is 0 Å². The van der Waals surface area contributed by atoms with Crippen LogP contribution in [-0.4, -0.2) is 37.7 Å².